The molecule has 0 radical (unpaired) electrons. The Morgan fingerprint density at radius 2 is 1.94 bits per heavy atom. The van der Waals surface area contributed by atoms with Crippen LogP contribution in [0.15, 0.2) is 66.0 Å². The van der Waals surface area contributed by atoms with Gasteiger partial charge in [-0.05, 0) is 55.2 Å². The molecule has 0 unspecified atom stereocenters. The van der Waals surface area contributed by atoms with Gasteiger partial charge in [0.15, 0.2) is 5.78 Å². The smallest absolute Gasteiger partial charge is 0.261 e. The van der Waals surface area contributed by atoms with Crippen LogP contribution in [0.1, 0.15) is 46.8 Å². The highest BCUT2D eigenvalue weighted by molar-refractivity contribution is 6.30. The Kier molecular flexibility index (Phi) is 4.87. The number of fused-ring (bicyclic) bond motifs is 1. The van der Waals surface area contributed by atoms with E-state index >= 15 is 0 Å². The number of aryl methyl sites for hydroxylation is 1. The second-order valence-electron chi connectivity index (χ2n) is 7.87. The lowest BCUT2D eigenvalue weighted by atomic mass is 9.84. The Hall–Kier alpha value is -3.38. The molecule has 2 heterocycles. The van der Waals surface area contributed by atoms with Crippen molar-refractivity contribution in [1.29, 1.82) is 0 Å². The van der Waals surface area contributed by atoms with E-state index in [0.29, 0.717) is 28.5 Å². The molecule has 1 aromatic heterocycles. The zero-order valence-electron chi connectivity index (χ0n) is 17.0. The van der Waals surface area contributed by atoms with Crippen molar-refractivity contribution in [3.8, 4) is 0 Å². The first-order chi connectivity index (χ1) is 15.0. The molecular weight excluding hydrogens is 412 g/mol. The summed E-state index contributed by atoms with van der Waals surface area (Å²) in [4.78, 5) is 26.0. The summed E-state index contributed by atoms with van der Waals surface area (Å²) in [5.74, 6) is 0.467. The van der Waals surface area contributed by atoms with Gasteiger partial charge in [-0.15, -0.1) is 0 Å². The van der Waals surface area contributed by atoms with Crippen LogP contribution in [0.3, 0.4) is 0 Å². The third kappa shape index (κ3) is 3.43. The minimum Gasteiger partial charge on any atom is -0.343 e. The average molecular weight is 433 g/mol. The van der Waals surface area contributed by atoms with E-state index in [2.05, 4.69) is 15.7 Å². The van der Waals surface area contributed by atoms with Crippen LogP contribution in [-0.4, -0.2) is 21.5 Å². The molecule has 2 aromatic carbocycles. The van der Waals surface area contributed by atoms with E-state index in [9.17, 15) is 9.59 Å². The zero-order valence-corrected chi connectivity index (χ0v) is 17.7. The van der Waals surface area contributed by atoms with E-state index in [0.717, 1.165) is 35.2 Å². The number of nitrogens with zero attached hydrogens (tertiary/aromatic N) is 2. The van der Waals surface area contributed by atoms with Crippen molar-refractivity contribution in [1.82, 2.24) is 9.78 Å². The predicted octanol–water partition coefficient (Wildman–Crippen LogP) is 5.12. The van der Waals surface area contributed by atoms with Crippen molar-refractivity contribution in [2.24, 2.45) is 0 Å². The number of aromatic nitrogens is 2. The van der Waals surface area contributed by atoms with Crippen molar-refractivity contribution in [2.45, 2.75) is 32.2 Å². The number of nitrogens with one attached hydrogen (secondary N) is 2. The lowest BCUT2D eigenvalue weighted by Crippen LogP contribution is -2.32. The molecule has 6 nitrogen and oxygen atoms in total. The van der Waals surface area contributed by atoms with E-state index in [1.54, 1.807) is 35.1 Å². The molecule has 7 heteroatoms. The lowest BCUT2D eigenvalue weighted by Gasteiger charge is -2.34. The van der Waals surface area contributed by atoms with Crippen molar-refractivity contribution >= 4 is 34.8 Å². The van der Waals surface area contributed by atoms with Crippen molar-refractivity contribution < 1.29 is 9.59 Å². The fourth-order valence-corrected chi connectivity index (χ4v) is 4.46. The van der Waals surface area contributed by atoms with Crippen LogP contribution in [0.4, 0.5) is 11.5 Å². The maximum Gasteiger partial charge on any atom is 0.261 e. The molecule has 5 rings (SSSR count). The molecule has 1 amide bonds. The Morgan fingerprint density at radius 3 is 2.71 bits per heavy atom. The monoisotopic (exact) mass is 432 g/mol. The summed E-state index contributed by atoms with van der Waals surface area (Å²) < 4.78 is 1.77. The van der Waals surface area contributed by atoms with Gasteiger partial charge in [0.1, 0.15) is 17.4 Å². The third-order valence-corrected chi connectivity index (χ3v) is 6.12. The number of hydrogen-bond acceptors (Lipinski definition) is 4. The van der Waals surface area contributed by atoms with Gasteiger partial charge in [-0.1, -0.05) is 35.9 Å². The third-order valence-electron chi connectivity index (χ3n) is 5.87. The molecule has 1 atom stereocenters. The van der Waals surface area contributed by atoms with E-state index < -0.39 is 0 Å². The summed E-state index contributed by atoms with van der Waals surface area (Å²) in [5.41, 5.74) is 4.80. The normalized spacial score (nSPS) is 17.6. The van der Waals surface area contributed by atoms with Crippen molar-refractivity contribution in [3.05, 3.63) is 87.7 Å². The van der Waals surface area contributed by atoms with Crippen LogP contribution in [0, 0.1) is 6.92 Å². The van der Waals surface area contributed by atoms with Crippen molar-refractivity contribution in [3.63, 3.8) is 0 Å². The quantitative estimate of drug-likeness (QED) is 0.602. The molecule has 156 valence electrons. The number of amides is 1. The first-order valence-electron chi connectivity index (χ1n) is 10.3. The molecule has 31 heavy (non-hydrogen) atoms. The van der Waals surface area contributed by atoms with Crippen LogP contribution in [0.2, 0.25) is 5.02 Å². The van der Waals surface area contributed by atoms with Gasteiger partial charge in [0.2, 0.25) is 0 Å². The first-order valence-corrected chi connectivity index (χ1v) is 10.6. The Balaban J connectivity index is 1.58. The number of allylic oxidation sites excluding steroid dienone is 2. The van der Waals surface area contributed by atoms with Crippen LogP contribution < -0.4 is 10.6 Å². The highest BCUT2D eigenvalue weighted by atomic mass is 35.5. The van der Waals surface area contributed by atoms with E-state index in [1.165, 1.54) is 0 Å². The minimum atomic E-state index is -0.350. The van der Waals surface area contributed by atoms with Gasteiger partial charge in [-0.2, -0.15) is 5.10 Å². The van der Waals surface area contributed by atoms with Gasteiger partial charge in [0.05, 0.1) is 6.20 Å². The molecular formula is C24H21ClN4O2. The van der Waals surface area contributed by atoms with Crippen LogP contribution in [0.5, 0.6) is 0 Å². The highest BCUT2D eigenvalue weighted by Crippen LogP contribution is 2.42. The summed E-state index contributed by atoms with van der Waals surface area (Å²) in [5, 5.41) is 11.4. The molecule has 3 aromatic rings. The SMILES string of the molecule is Cc1ccccc1[C@H]1C2=C(CCCC2=O)Nc2c(C(=O)Nc3ccc(Cl)cc3)cnn21. The largest absolute Gasteiger partial charge is 0.343 e. The summed E-state index contributed by atoms with van der Waals surface area (Å²) in [6.07, 6.45) is 3.66. The van der Waals surface area contributed by atoms with Gasteiger partial charge in [-0.25, -0.2) is 4.68 Å². The van der Waals surface area contributed by atoms with Crippen LogP contribution >= 0.6 is 11.6 Å². The summed E-state index contributed by atoms with van der Waals surface area (Å²) in [6, 6.07) is 14.6. The van der Waals surface area contributed by atoms with Crippen LogP contribution in [-0.2, 0) is 4.79 Å². The highest BCUT2D eigenvalue weighted by Gasteiger charge is 2.38. The number of hydrogen-bond donors (Lipinski definition) is 2. The molecule has 0 saturated carbocycles. The fraction of sp³-hybridized carbons (Fsp3) is 0.208. The maximum atomic E-state index is 13.0. The molecule has 2 aliphatic rings. The second-order valence-corrected chi connectivity index (χ2v) is 8.30. The van der Waals surface area contributed by atoms with Crippen LogP contribution in [0.25, 0.3) is 0 Å². The number of Topliss-reactive ketones (excluding diaryl/α,β-unsaturated/α-hetero) is 1. The molecule has 0 spiro atoms. The number of halogens is 1. The lowest BCUT2D eigenvalue weighted by molar-refractivity contribution is -0.116. The molecule has 0 bridgehead atoms. The summed E-state index contributed by atoms with van der Waals surface area (Å²) in [7, 11) is 0. The number of benzene rings is 2. The molecule has 0 fully saturated rings. The topological polar surface area (TPSA) is 76.0 Å². The number of anilines is 2. The molecule has 1 aliphatic carbocycles. The molecule has 2 N–H and O–H groups in total. The van der Waals surface area contributed by atoms with E-state index in [4.69, 9.17) is 11.6 Å². The summed E-state index contributed by atoms with van der Waals surface area (Å²) in [6.45, 7) is 2.03. The first kappa shape index (κ1) is 19.6. The van der Waals surface area contributed by atoms with Gasteiger partial charge in [-0.3, -0.25) is 9.59 Å². The molecule has 1 aliphatic heterocycles. The van der Waals surface area contributed by atoms with E-state index in [1.807, 2.05) is 31.2 Å². The molecule has 0 saturated heterocycles. The van der Waals surface area contributed by atoms with E-state index in [-0.39, 0.29) is 17.7 Å². The number of carbonyl (C=O) groups excluding carboxylic acids is 2. The Bertz CT molecular complexity index is 1230. The second kappa shape index (κ2) is 7.71. The number of ketones is 1. The number of rotatable bonds is 3. The Labute approximate surface area is 184 Å². The fourth-order valence-electron chi connectivity index (χ4n) is 4.34. The van der Waals surface area contributed by atoms with Gasteiger partial charge in [0, 0.05) is 28.4 Å². The predicted molar refractivity (Wildman–Crippen MR) is 120 cm³/mol. The van der Waals surface area contributed by atoms with Gasteiger partial charge >= 0.3 is 0 Å². The van der Waals surface area contributed by atoms with Gasteiger partial charge in [0.25, 0.3) is 5.91 Å². The number of carbonyl (C=O) groups is 2. The zero-order chi connectivity index (χ0) is 21.5. The van der Waals surface area contributed by atoms with Gasteiger partial charge < -0.3 is 10.6 Å². The average Bonchev–Trinajstić information content (AvgIpc) is 3.18. The Morgan fingerprint density at radius 1 is 1.16 bits per heavy atom. The maximum absolute atomic E-state index is 13.0. The van der Waals surface area contributed by atoms with Crippen molar-refractivity contribution in [2.75, 3.05) is 10.6 Å². The standard InChI is InChI=1S/C24H21ClN4O2/c1-14-5-2-3-6-17(14)22-21-19(7-4-8-20(21)30)28-23-18(13-26-29(22)23)24(31)27-16-11-9-15(25)10-12-16/h2-3,5-6,9-13,22,28H,4,7-8H2,1H3,(H,27,31)/t22-/m0/s1. The minimum absolute atomic E-state index is 0.135. The summed E-state index contributed by atoms with van der Waals surface area (Å²) >= 11 is 5.94.